The van der Waals surface area contributed by atoms with Crippen molar-refractivity contribution in [3.8, 4) is 22.9 Å². The van der Waals surface area contributed by atoms with Gasteiger partial charge in [-0.3, -0.25) is 9.88 Å². The number of fused-ring (bicyclic) bond motifs is 1. The van der Waals surface area contributed by atoms with Crippen molar-refractivity contribution < 1.29 is 14.3 Å². The van der Waals surface area contributed by atoms with Gasteiger partial charge in [-0.2, -0.15) is 5.26 Å². The smallest absolute Gasteiger partial charge is 0.414 e. The topological polar surface area (TPSA) is 126 Å². The molecule has 0 unspecified atom stereocenters. The minimum atomic E-state index is -0.419. The third-order valence-electron chi connectivity index (χ3n) is 5.96. The zero-order chi connectivity index (χ0) is 27.8. The Balaban J connectivity index is 1.32. The molecule has 4 aromatic rings. The number of carbonyl (C=O) groups excluding carboxylic acids is 1. The largest absolute Gasteiger partial charge is 0.493 e. The number of pyridine rings is 1. The van der Waals surface area contributed by atoms with Crippen LogP contribution in [0.1, 0.15) is 37.8 Å². The van der Waals surface area contributed by atoms with Gasteiger partial charge in [0.25, 0.3) is 0 Å². The maximum atomic E-state index is 12.3. The monoisotopic (exact) mass is 544 g/mol. The van der Waals surface area contributed by atoms with Crippen LogP contribution in [0.3, 0.4) is 0 Å². The first-order valence-corrected chi connectivity index (χ1v) is 13.6. The van der Waals surface area contributed by atoms with Crippen LogP contribution in [0.2, 0.25) is 0 Å². The highest BCUT2D eigenvalue weighted by Gasteiger charge is 2.15. The number of nitrogens with two attached hydrogens (primary N) is 1. The lowest BCUT2D eigenvalue weighted by atomic mass is 10.1. The molecule has 0 bridgehead atoms. The fourth-order valence-electron chi connectivity index (χ4n) is 3.87. The highest BCUT2D eigenvalue weighted by Crippen LogP contribution is 2.31. The van der Waals surface area contributed by atoms with Crippen molar-refractivity contribution >= 4 is 38.5 Å². The van der Waals surface area contributed by atoms with Crippen LogP contribution in [-0.2, 0) is 11.3 Å². The van der Waals surface area contributed by atoms with Gasteiger partial charge in [0.05, 0.1) is 46.4 Å². The van der Waals surface area contributed by atoms with Gasteiger partial charge in [-0.25, -0.2) is 9.78 Å². The number of hydrogen-bond acceptors (Lipinski definition) is 9. The van der Waals surface area contributed by atoms with Gasteiger partial charge in [-0.1, -0.05) is 23.5 Å². The Morgan fingerprint density at radius 1 is 1.15 bits per heavy atom. The molecule has 0 fully saturated rings. The molecule has 2 heterocycles. The molecule has 2 aromatic carbocycles. The fourth-order valence-corrected chi connectivity index (χ4v) is 4.80. The van der Waals surface area contributed by atoms with Crippen LogP contribution in [0.5, 0.6) is 5.75 Å². The molecule has 202 valence electrons. The summed E-state index contributed by atoms with van der Waals surface area (Å²) in [7, 11) is 1.67. The van der Waals surface area contributed by atoms with Crippen molar-refractivity contribution in [1.29, 1.82) is 5.26 Å². The second kappa shape index (κ2) is 13.0. The molecule has 0 atom stereocenters. The third kappa shape index (κ3) is 7.22. The zero-order valence-electron chi connectivity index (χ0n) is 22.3. The van der Waals surface area contributed by atoms with Crippen LogP contribution in [0.15, 0.2) is 54.9 Å². The zero-order valence-corrected chi connectivity index (χ0v) is 23.1. The summed E-state index contributed by atoms with van der Waals surface area (Å²) in [5.41, 5.74) is 10.7. The van der Waals surface area contributed by atoms with E-state index in [1.165, 1.54) is 4.90 Å². The number of ether oxygens (including phenoxy) is 2. The molecule has 4 rings (SSSR count). The van der Waals surface area contributed by atoms with E-state index in [4.69, 9.17) is 25.5 Å². The number of rotatable bonds is 11. The molecular formula is C29H32N6O3S. The maximum Gasteiger partial charge on any atom is 0.414 e. The number of nitriles is 1. The minimum Gasteiger partial charge on any atom is -0.493 e. The van der Waals surface area contributed by atoms with Crippen LogP contribution in [0, 0.1) is 11.3 Å². The van der Waals surface area contributed by atoms with E-state index < -0.39 is 6.09 Å². The molecule has 0 aliphatic rings. The van der Waals surface area contributed by atoms with Gasteiger partial charge >= 0.3 is 6.09 Å². The van der Waals surface area contributed by atoms with Crippen molar-refractivity contribution in [2.24, 2.45) is 5.73 Å². The maximum absolute atomic E-state index is 12.3. The van der Waals surface area contributed by atoms with E-state index in [-0.39, 0.29) is 6.10 Å². The van der Waals surface area contributed by atoms with E-state index in [2.05, 4.69) is 22.4 Å². The Labute approximate surface area is 232 Å². The molecule has 1 amide bonds. The average Bonchev–Trinajstić information content (AvgIpc) is 3.36. The Kier molecular flexibility index (Phi) is 9.31. The molecule has 2 aromatic heterocycles. The van der Waals surface area contributed by atoms with Gasteiger partial charge in [0, 0.05) is 37.5 Å². The minimum absolute atomic E-state index is 0.196. The number of hydrogen-bond donors (Lipinski definition) is 2. The summed E-state index contributed by atoms with van der Waals surface area (Å²) in [6.07, 6.45) is 4.57. The van der Waals surface area contributed by atoms with Crippen molar-refractivity contribution in [1.82, 2.24) is 9.97 Å². The first-order chi connectivity index (χ1) is 18.9. The number of carbonyl (C=O) groups is 1. The van der Waals surface area contributed by atoms with E-state index in [0.29, 0.717) is 30.2 Å². The van der Waals surface area contributed by atoms with Gasteiger partial charge in [-0.05, 0) is 62.6 Å². The Morgan fingerprint density at radius 2 is 2.00 bits per heavy atom. The Hall–Kier alpha value is -4.20. The van der Waals surface area contributed by atoms with Crippen molar-refractivity contribution in [3.05, 3.63) is 66.0 Å². The number of aromatic nitrogens is 2. The summed E-state index contributed by atoms with van der Waals surface area (Å²) in [5.74, 6) is 0.675. The Bertz CT molecular complexity index is 1480. The number of nitrogens with one attached hydrogen (secondary N) is 1. The lowest BCUT2D eigenvalue weighted by Gasteiger charge is -2.19. The van der Waals surface area contributed by atoms with Gasteiger partial charge < -0.3 is 20.5 Å². The van der Waals surface area contributed by atoms with Crippen LogP contribution in [0.4, 0.5) is 15.6 Å². The molecule has 0 spiro atoms. The lowest BCUT2D eigenvalue weighted by molar-refractivity contribution is 0.124. The Morgan fingerprint density at radius 3 is 2.77 bits per heavy atom. The molecule has 39 heavy (non-hydrogen) atoms. The second-order valence-corrected chi connectivity index (χ2v) is 10.3. The van der Waals surface area contributed by atoms with Gasteiger partial charge in [0.1, 0.15) is 5.75 Å². The summed E-state index contributed by atoms with van der Waals surface area (Å²) in [6, 6.07) is 15.5. The first-order valence-electron chi connectivity index (χ1n) is 12.8. The quantitative estimate of drug-likeness (QED) is 0.222. The highest BCUT2D eigenvalue weighted by atomic mass is 32.1. The van der Waals surface area contributed by atoms with Crippen molar-refractivity contribution in [3.63, 3.8) is 0 Å². The highest BCUT2D eigenvalue weighted by molar-refractivity contribution is 7.22. The second-order valence-electron chi connectivity index (χ2n) is 9.25. The number of benzene rings is 2. The van der Waals surface area contributed by atoms with E-state index in [1.54, 1.807) is 42.9 Å². The van der Waals surface area contributed by atoms with Crippen LogP contribution >= 0.6 is 11.3 Å². The number of thiazole rings is 1. The molecule has 10 heteroatoms. The predicted molar refractivity (Wildman–Crippen MR) is 155 cm³/mol. The molecule has 0 aliphatic carbocycles. The van der Waals surface area contributed by atoms with Crippen molar-refractivity contribution in [2.45, 2.75) is 39.3 Å². The van der Waals surface area contributed by atoms with Crippen LogP contribution in [-0.4, -0.2) is 42.4 Å². The molecular weight excluding hydrogens is 512 g/mol. The summed E-state index contributed by atoms with van der Waals surface area (Å²) in [4.78, 5) is 22.8. The number of anilines is 2. The lowest BCUT2D eigenvalue weighted by Crippen LogP contribution is -2.29. The molecule has 3 N–H and O–H groups in total. The summed E-state index contributed by atoms with van der Waals surface area (Å²) >= 11 is 1.60. The number of amides is 1. The number of nitrogens with zero attached hydrogens (tertiary/aromatic N) is 4. The third-order valence-corrected chi connectivity index (χ3v) is 6.94. The van der Waals surface area contributed by atoms with Gasteiger partial charge in [0.15, 0.2) is 5.13 Å². The molecule has 0 saturated heterocycles. The van der Waals surface area contributed by atoms with Crippen LogP contribution in [0.25, 0.3) is 21.3 Å². The van der Waals surface area contributed by atoms with E-state index in [0.717, 1.165) is 51.4 Å². The fraction of sp³-hybridized carbons (Fsp3) is 0.310. The summed E-state index contributed by atoms with van der Waals surface area (Å²) in [6.45, 7) is 5.32. The summed E-state index contributed by atoms with van der Waals surface area (Å²) in [5, 5.41) is 13.4. The van der Waals surface area contributed by atoms with E-state index in [9.17, 15) is 4.79 Å². The normalized spacial score (nSPS) is 10.9. The van der Waals surface area contributed by atoms with Gasteiger partial charge in [0.2, 0.25) is 0 Å². The SMILES string of the molecule is CC(C)OC(=O)N(C)c1cncc(-c2ccc3nc(NCCCCOc4cc(C#N)ccc4CN)sc3c2)c1. The van der Waals surface area contributed by atoms with E-state index in [1.807, 2.05) is 38.1 Å². The summed E-state index contributed by atoms with van der Waals surface area (Å²) < 4.78 is 12.2. The predicted octanol–water partition coefficient (Wildman–Crippen LogP) is 5.94. The van der Waals surface area contributed by atoms with Crippen molar-refractivity contribution in [2.75, 3.05) is 30.4 Å². The number of unbranched alkanes of at least 4 members (excludes halogenated alkanes) is 1. The average molecular weight is 545 g/mol. The molecule has 0 saturated carbocycles. The molecule has 0 radical (unpaired) electrons. The standard InChI is InChI=1S/C29H32N6O3S/c1-19(2)38-29(36)35(3)24-13-23(17-32-18-24)21-8-9-25-27(14-21)39-28(34-25)33-10-4-5-11-37-26-12-20(15-30)6-7-22(26)16-31/h6-9,12-14,17-19H,4-5,10-11,16,31H2,1-3H3,(H,33,34). The van der Waals surface area contributed by atoms with Gasteiger partial charge in [-0.15, -0.1) is 0 Å². The van der Waals surface area contributed by atoms with Crippen LogP contribution < -0.4 is 20.7 Å². The van der Waals surface area contributed by atoms with E-state index >= 15 is 0 Å². The molecule has 0 aliphatic heterocycles. The first kappa shape index (κ1) is 27.8. The molecule has 9 nitrogen and oxygen atoms in total.